The van der Waals surface area contributed by atoms with Crippen LogP contribution in [0.3, 0.4) is 0 Å². The topological polar surface area (TPSA) is 0 Å². The number of hydrogen-bond donors (Lipinski definition) is 0. The van der Waals surface area contributed by atoms with Crippen LogP contribution >= 0.6 is 17.0 Å². The first-order chi connectivity index (χ1) is 21.1. The summed E-state index contributed by atoms with van der Waals surface area (Å²) in [4.78, 5) is 0. The van der Waals surface area contributed by atoms with Crippen LogP contribution in [0.15, 0.2) is 77.9 Å². The van der Waals surface area contributed by atoms with E-state index in [1.54, 1.807) is 0 Å². The van der Waals surface area contributed by atoms with Crippen LogP contribution in [0.2, 0.25) is 13.1 Å². The molecule has 0 radical (unpaired) electrons. The van der Waals surface area contributed by atoms with Crippen LogP contribution in [-0.4, -0.2) is 5.92 Å². The van der Waals surface area contributed by atoms with E-state index in [1.165, 1.54) is 83.5 Å². The second-order valence-corrected chi connectivity index (χ2v) is 57.1. The first kappa shape index (κ1) is 33.0. The predicted molar refractivity (Wildman–Crippen MR) is 200 cm³/mol. The third-order valence-corrected chi connectivity index (χ3v) is 62.9. The van der Waals surface area contributed by atoms with Gasteiger partial charge in [-0.15, -0.1) is 0 Å². The van der Waals surface area contributed by atoms with E-state index < -0.39 is 21.5 Å². The number of fused-ring (bicyclic) bond motifs is 2. The molecule has 2 aliphatic carbocycles. The third-order valence-electron chi connectivity index (χ3n) is 11.0. The van der Waals surface area contributed by atoms with E-state index in [4.69, 9.17) is 17.0 Å². The summed E-state index contributed by atoms with van der Waals surface area (Å²) in [5, 5.41) is 0. The van der Waals surface area contributed by atoms with Gasteiger partial charge in [-0.05, 0) is 0 Å². The van der Waals surface area contributed by atoms with Gasteiger partial charge in [-0.3, -0.25) is 0 Å². The van der Waals surface area contributed by atoms with Gasteiger partial charge in [-0.2, -0.15) is 0 Å². The van der Waals surface area contributed by atoms with Crippen molar-refractivity contribution in [2.24, 2.45) is 5.92 Å². The van der Waals surface area contributed by atoms with Crippen LogP contribution in [-0.2, 0) is 15.6 Å². The zero-order chi connectivity index (χ0) is 32.6. The Morgan fingerprint density at radius 3 is 1.73 bits per heavy atom. The normalized spacial score (nSPS) is 18.5. The van der Waals surface area contributed by atoms with E-state index >= 15 is 0 Å². The van der Waals surface area contributed by atoms with E-state index in [-0.39, 0.29) is 7.25 Å². The standard InChI is InChI=1S/C20H21.C19H19.C2H7Si.2ClH.Zr/c1-13(2)17-11-16-6-5-7-18(20(16)12-17)19-10-14(3)8-9-15(19)4;1-12-5-6-14(3)17(9-12)16-8-7-15(4)18-10-13(2)11-19(16)18;1-3-2;;;/h5-13H,1-4H3;5-11H,1-4H3;3H,1-2H3;2*1H;/q;;;;;+2/p-2. The maximum atomic E-state index is 8.67. The number of aryl methyl sites for hydroxylation is 5. The molecule has 233 valence electrons. The SMILES string of the molecule is CC1=Cc2c(-c3cc(C)ccc3C)ccc(C)c2[CH]1[Zr]([Cl])([Cl])([CH]1C(C(C)C)=Cc2c(-c3cc(C)ccc3C)cccc21)[SiH](C)C. The monoisotopic (exact) mass is 727 g/mol. The molecule has 0 nitrogen and oxygen atoms in total. The number of halogens is 2. The van der Waals surface area contributed by atoms with Crippen molar-refractivity contribution in [2.75, 3.05) is 0 Å². The molecule has 4 aromatic rings. The van der Waals surface area contributed by atoms with Gasteiger partial charge in [0.25, 0.3) is 0 Å². The van der Waals surface area contributed by atoms with Crippen molar-refractivity contribution < 1.29 is 15.6 Å². The molecule has 4 heteroatoms. The summed E-state index contributed by atoms with van der Waals surface area (Å²) in [6, 6.07) is 25.1. The molecule has 0 heterocycles. The molecule has 0 saturated heterocycles. The Labute approximate surface area is 280 Å². The summed E-state index contributed by atoms with van der Waals surface area (Å²) in [5.41, 5.74) is 19.9. The van der Waals surface area contributed by atoms with Crippen molar-refractivity contribution in [2.45, 2.75) is 75.7 Å². The van der Waals surface area contributed by atoms with Crippen molar-refractivity contribution in [1.29, 1.82) is 0 Å². The molecule has 2 unspecified atom stereocenters. The Balaban J connectivity index is 1.63. The Kier molecular flexibility index (Phi) is 8.52. The second-order valence-electron chi connectivity index (χ2n) is 14.6. The molecule has 2 aliphatic rings. The van der Waals surface area contributed by atoms with Gasteiger partial charge in [0.1, 0.15) is 0 Å². The van der Waals surface area contributed by atoms with Gasteiger partial charge in [0.2, 0.25) is 0 Å². The zero-order valence-electron chi connectivity index (χ0n) is 28.6. The zero-order valence-corrected chi connectivity index (χ0v) is 33.7. The Bertz CT molecular complexity index is 1930. The van der Waals surface area contributed by atoms with E-state index in [2.05, 4.69) is 147 Å². The first-order valence-corrected chi connectivity index (χ1v) is 32.8. The number of allylic oxidation sites excluding steroid dienone is 2. The van der Waals surface area contributed by atoms with Crippen molar-refractivity contribution >= 4 is 35.1 Å². The van der Waals surface area contributed by atoms with Gasteiger partial charge >= 0.3 is 283 Å². The Morgan fingerprint density at radius 1 is 0.622 bits per heavy atom. The molecule has 0 bridgehead atoms. The molecule has 0 fully saturated rings. The number of benzene rings is 4. The summed E-state index contributed by atoms with van der Waals surface area (Å²) < 4.78 is 0.175. The van der Waals surface area contributed by atoms with E-state index in [0.29, 0.717) is 5.92 Å². The maximum absolute atomic E-state index is 8.67. The van der Waals surface area contributed by atoms with Crippen molar-refractivity contribution in [3.8, 4) is 22.3 Å². The van der Waals surface area contributed by atoms with Crippen LogP contribution in [0.25, 0.3) is 34.4 Å². The molecule has 6 rings (SSSR count). The Morgan fingerprint density at radius 2 is 1.18 bits per heavy atom. The summed E-state index contributed by atoms with van der Waals surface area (Å²) in [6.07, 6.45) is 4.94. The fraction of sp³-hybridized carbons (Fsp3) is 0.317. The van der Waals surface area contributed by atoms with Crippen molar-refractivity contribution in [3.63, 3.8) is 0 Å². The molecule has 4 aromatic carbocycles. The molecular formula is C41H47Cl2SiZr. The van der Waals surface area contributed by atoms with E-state index in [1.807, 2.05) is 0 Å². The van der Waals surface area contributed by atoms with Gasteiger partial charge < -0.3 is 0 Å². The van der Waals surface area contributed by atoms with Crippen LogP contribution in [0.1, 0.15) is 78.1 Å². The number of rotatable bonds is 6. The Hall–Kier alpha value is -1.96. The van der Waals surface area contributed by atoms with Crippen LogP contribution in [0.4, 0.5) is 0 Å². The molecule has 0 spiro atoms. The minimum atomic E-state index is -4.84. The van der Waals surface area contributed by atoms with Gasteiger partial charge in [0.15, 0.2) is 0 Å². The van der Waals surface area contributed by atoms with Gasteiger partial charge in [-0.1, -0.05) is 0 Å². The molecule has 0 amide bonds. The minimum absolute atomic E-state index is 0.0870. The molecule has 0 aromatic heterocycles. The van der Waals surface area contributed by atoms with Crippen molar-refractivity contribution in [3.05, 3.63) is 128 Å². The third kappa shape index (κ3) is 5.09. The van der Waals surface area contributed by atoms with E-state index in [0.717, 1.165) is 0 Å². The average Bonchev–Trinajstić information content (AvgIpc) is 3.56. The van der Waals surface area contributed by atoms with E-state index in [9.17, 15) is 0 Å². The van der Waals surface area contributed by atoms with Gasteiger partial charge in [0, 0.05) is 0 Å². The quantitative estimate of drug-likeness (QED) is 0.173. The summed E-state index contributed by atoms with van der Waals surface area (Å²) in [7, 11) is 17.3. The second kappa shape index (κ2) is 11.6. The fourth-order valence-corrected chi connectivity index (χ4v) is 40.7. The molecule has 2 atom stereocenters. The molecular weight excluding hydrogens is 683 g/mol. The van der Waals surface area contributed by atoms with Gasteiger partial charge in [-0.25, -0.2) is 0 Å². The molecule has 0 aliphatic heterocycles. The van der Waals surface area contributed by atoms with Crippen LogP contribution in [0.5, 0.6) is 0 Å². The molecule has 0 saturated carbocycles. The van der Waals surface area contributed by atoms with Crippen LogP contribution in [0, 0.1) is 40.5 Å². The summed E-state index contributed by atoms with van der Waals surface area (Å²) >= 11 is -4.84. The predicted octanol–water partition coefficient (Wildman–Crippen LogP) is 12.8. The first-order valence-electron chi connectivity index (χ1n) is 16.5. The average molecular weight is 730 g/mol. The molecule has 45 heavy (non-hydrogen) atoms. The molecule has 0 N–H and O–H groups in total. The summed E-state index contributed by atoms with van der Waals surface area (Å²) in [6.45, 7) is 23.0. The van der Waals surface area contributed by atoms with Crippen LogP contribution < -0.4 is 0 Å². The summed E-state index contributed by atoms with van der Waals surface area (Å²) in [5.74, 6) is -1.29. The van der Waals surface area contributed by atoms with Gasteiger partial charge in [0.05, 0.1) is 0 Å². The fourth-order valence-electron chi connectivity index (χ4n) is 8.43. The van der Waals surface area contributed by atoms with Crippen molar-refractivity contribution in [1.82, 2.24) is 0 Å². The number of hydrogen-bond acceptors (Lipinski definition) is 0.